The zero-order valence-electron chi connectivity index (χ0n) is 31.4. The van der Waals surface area contributed by atoms with Crippen molar-refractivity contribution in [3.8, 4) is 17.4 Å². The lowest BCUT2D eigenvalue weighted by Crippen LogP contribution is -2.58. The summed E-state index contributed by atoms with van der Waals surface area (Å²) in [6, 6.07) is 3.22. The van der Waals surface area contributed by atoms with Crippen LogP contribution in [-0.4, -0.2) is 98.5 Å². The summed E-state index contributed by atoms with van der Waals surface area (Å²) < 4.78 is 51.4. The normalized spacial score (nSPS) is 30.2. The number of rotatable bonds is 5. The highest BCUT2D eigenvalue weighted by Gasteiger charge is 2.62. The van der Waals surface area contributed by atoms with E-state index in [1.54, 1.807) is 19.2 Å². The van der Waals surface area contributed by atoms with Gasteiger partial charge in [0.05, 0.1) is 38.1 Å². The third kappa shape index (κ3) is 8.38. The number of fused-ring (bicyclic) bond motifs is 4. The molecule has 2 saturated carbocycles. The van der Waals surface area contributed by atoms with Gasteiger partial charge in [0.1, 0.15) is 35.2 Å². The van der Waals surface area contributed by atoms with Crippen LogP contribution in [0.2, 0.25) is 0 Å². The van der Waals surface area contributed by atoms with Crippen LogP contribution in [0.1, 0.15) is 76.7 Å². The Morgan fingerprint density at radius 1 is 1.05 bits per heavy atom. The third-order valence-corrected chi connectivity index (χ3v) is 12.9. The largest absolute Gasteiger partial charge is 0.496 e. The Labute approximate surface area is 320 Å². The second-order valence-electron chi connectivity index (χ2n) is 15.3. The molecule has 3 aliphatic heterocycles. The topological polar surface area (TPSA) is 192 Å². The van der Waals surface area contributed by atoms with E-state index in [9.17, 15) is 27.6 Å². The fraction of sp³-hybridized carbons (Fsp3) is 0.564. The molecule has 1 aromatic carbocycles. The van der Waals surface area contributed by atoms with Crippen molar-refractivity contribution in [2.24, 2.45) is 11.8 Å². The summed E-state index contributed by atoms with van der Waals surface area (Å²) in [6.07, 6.45) is 11.2. The number of carbonyl (C=O) groups is 4. The van der Waals surface area contributed by atoms with Crippen LogP contribution in [0.4, 0.5) is 4.79 Å². The molecule has 5 bridgehead atoms. The van der Waals surface area contributed by atoms with Crippen LogP contribution in [0.5, 0.6) is 17.4 Å². The van der Waals surface area contributed by atoms with Crippen LogP contribution >= 0.6 is 0 Å². The van der Waals surface area contributed by atoms with Gasteiger partial charge < -0.3 is 34.5 Å². The molecule has 16 heteroatoms. The van der Waals surface area contributed by atoms with Crippen LogP contribution in [0, 0.1) is 11.8 Å². The highest BCUT2D eigenvalue weighted by molar-refractivity contribution is 7.91. The molecule has 6 atom stereocenters. The van der Waals surface area contributed by atoms with Gasteiger partial charge in [-0.25, -0.2) is 18.2 Å². The van der Waals surface area contributed by atoms with Gasteiger partial charge in [-0.15, -0.1) is 0 Å². The maximum Gasteiger partial charge on any atom is 0.407 e. The highest BCUT2D eigenvalue weighted by Crippen LogP contribution is 2.46. The Bertz CT molecular complexity index is 2020. The van der Waals surface area contributed by atoms with Crippen molar-refractivity contribution in [1.82, 2.24) is 25.2 Å². The molecule has 7 rings (SSSR count). The number of methoxy groups -OCH3 is 2. The first-order valence-electron chi connectivity index (χ1n) is 19.1. The molecule has 5 aliphatic rings. The number of nitrogens with one attached hydrogen (secondary N) is 3. The molecule has 296 valence electrons. The zero-order valence-corrected chi connectivity index (χ0v) is 32.2. The van der Waals surface area contributed by atoms with E-state index in [2.05, 4.69) is 20.3 Å². The number of alkyl carbamates (subject to hydrolysis) is 1. The Morgan fingerprint density at radius 2 is 1.87 bits per heavy atom. The number of carbonyl (C=O) groups excluding carboxylic acids is 4. The summed E-state index contributed by atoms with van der Waals surface area (Å²) in [5, 5.41) is 5.69. The van der Waals surface area contributed by atoms with Crippen LogP contribution in [0.3, 0.4) is 0 Å². The van der Waals surface area contributed by atoms with E-state index in [1.165, 1.54) is 12.0 Å². The smallest absolute Gasteiger partial charge is 0.407 e. The van der Waals surface area contributed by atoms with E-state index >= 15 is 0 Å². The molecule has 0 spiro atoms. The summed E-state index contributed by atoms with van der Waals surface area (Å²) in [5.41, 5.74) is -0.202. The standard InChI is InChI=1S/C39H49N5O10S/c1-23-10-9-11-24-16-28-30(18-32(24)51-2)40-34(52-3)19-33(28)54-26-17-31-35(45)42-39(37(47)43-55(49,50)27-14-15-27)20-25(39)12-7-5-4-6-8-13-29(36(46)44(31)21-26)41-38(48)53-22-23/h7,9,11-12,16,18-19,23,25-27,29,31H,4-6,8,10,13-15,17,20-22H2,1-3H3,(H,41,48)(H,42,45)(H,43,47)/b11-9+,12-7-/t23-,25-,26-,29+,31+,39-/m1/s1. The van der Waals surface area contributed by atoms with E-state index in [4.69, 9.17) is 18.9 Å². The fourth-order valence-corrected chi connectivity index (χ4v) is 9.01. The average Bonchev–Trinajstić information content (AvgIpc) is 4.09. The van der Waals surface area contributed by atoms with Gasteiger partial charge >= 0.3 is 6.09 Å². The van der Waals surface area contributed by atoms with E-state index in [0.29, 0.717) is 60.9 Å². The number of nitrogens with zero attached hydrogens (tertiary/aromatic N) is 2. The molecule has 2 aliphatic carbocycles. The van der Waals surface area contributed by atoms with Crippen molar-refractivity contribution < 1.29 is 46.5 Å². The van der Waals surface area contributed by atoms with Crippen molar-refractivity contribution in [2.45, 2.75) is 100 Å². The number of aromatic nitrogens is 1. The number of allylic oxidation sites excluding steroid dienone is 2. The van der Waals surface area contributed by atoms with Gasteiger partial charge in [0.15, 0.2) is 0 Å². The zero-order chi connectivity index (χ0) is 38.9. The first-order chi connectivity index (χ1) is 26.4. The van der Waals surface area contributed by atoms with Crippen molar-refractivity contribution in [1.29, 1.82) is 0 Å². The minimum atomic E-state index is -3.90. The minimum Gasteiger partial charge on any atom is -0.496 e. The lowest BCUT2D eigenvalue weighted by Gasteiger charge is -2.29. The van der Waals surface area contributed by atoms with Crippen LogP contribution in [0.25, 0.3) is 17.0 Å². The van der Waals surface area contributed by atoms with Gasteiger partial charge in [-0.2, -0.15) is 0 Å². The molecule has 0 radical (unpaired) electrons. The van der Waals surface area contributed by atoms with Crippen LogP contribution in [0.15, 0.2) is 36.4 Å². The highest BCUT2D eigenvalue weighted by atomic mass is 32.2. The molecule has 0 unspecified atom stereocenters. The fourth-order valence-electron chi connectivity index (χ4n) is 7.65. The van der Waals surface area contributed by atoms with Crippen LogP contribution in [-0.2, 0) is 29.1 Å². The summed E-state index contributed by atoms with van der Waals surface area (Å²) >= 11 is 0. The van der Waals surface area contributed by atoms with E-state index in [0.717, 1.165) is 18.4 Å². The number of sulfonamides is 1. The molecule has 1 saturated heterocycles. The average molecular weight is 780 g/mol. The van der Waals surface area contributed by atoms with Gasteiger partial charge in [-0.3, -0.25) is 19.1 Å². The number of benzene rings is 1. The van der Waals surface area contributed by atoms with Crippen molar-refractivity contribution in [3.63, 3.8) is 0 Å². The number of pyridine rings is 1. The van der Waals surface area contributed by atoms with E-state index in [1.807, 2.05) is 37.3 Å². The first kappa shape index (κ1) is 38.4. The lowest BCUT2D eigenvalue weighted by molar-refractivity contribution is -0.141. The van der Waals surface area contributed by atoms with E-state index in [-0.39, 0.29) is 37.8 Å². The molecular weight excluding hydrogens is 731 g/mol. The predicted molar refractivity (Wildman–Crippen MR) is 202 cm³/mol. The van der Waals surface area contributed by atoms with Crippen molar-refractivity contribution >= 4 is 50.8 Å². The monoisotopic (exact) mass is 779 g/mol. The minimum absolute atomic E-state index is 0.0190. The molecule has 15 nitrogen and oxygen atoms in total. The van der Waals surface area contributed by atoms with Gasteiger partial charge in [0.2, 0.25) is 27.7 Å². The Balaban J connectivity index is 1.27. The Morgan fingerprint density at radius 3 is 2.64 bits per heavy atom. The van der Waals surface area contributed by atoms with Crippen molar-refractivity contribution in [2.75, 3.05) is 27.4 Å². The summed E-state index contributed by atoms with van der Waals surface area (Å²) in [4.78, 5) is 61.9. The van der Waals surface area contributed by atoms with Gasteiger partial charge in [0, 0.05) is 35.4 Å². The summed E-state index contributed by atoms with van der Waals surface area (Å²) in [6.45, 7) is 2.04. The molecule has 2 aromatic rings. The van der Waals surface area contributed by atoms with Crippen molar-refractivity contribution in [3.05, 3.63) is 42.0 Å². The first-order valence-corrected chi connectivity index (χ1v) is 20.6. The number of hydrogen-bond donors (Lipinski definition) is 3. The predicted octanol–water partition coefficient (Wildman–Crippen LogP) is 3.75. The molecule has 4 amide bonds. The second-order valence-corrected chi connectivity index (χ2v) is 17.3. The third-order valence-electron chi connectivity index (χ3n) is 11.1. The molecule has 4 heterocycles. The number of cyclic esters (lactones) is 1. The van der Waals surface area contributed by atoms with Gasteiger partial charge in [-0.05, 0) is 56.9 Å². The SMILES string of the molecule is COc1cc2c3cc(c(OC)cc3n1)/C=C/C[C@@H](C)COC(=O)N[C@H]1CCCCC/C=C\[C@@H]3C[C@@]3(C(=O)NS(=O)(=O)C3CC3)NC(=O)[C@@H]3C[C@H](CN3C1=O)O2. The maximum atomic E-state index is 14.5. The summed E-state index contributed by atoms with van der Waals surface area (Å²) in [7, 11) is -0.837. The molecule has 1 aromatic heterocycles. The maximum absolute atomic E-state index is 14.5. The molecular formula is C39H49N5O10S. The summed E-state index contributed by atoms with van der Waals surface area (Å²) in [5.74, 6) is -1.10. The lowest BCUT2D eigenvalue weighted by atomic mass is 10.0. The van der Waals surface area contributed by atoms with Gasteiger partial charge in [-0.1, -0.05) is 44.1 Å². The Kier molecular flexibility index (Phi) is 11.0. The molecule has 3 N–H and O–H groups in total. The van der Waals surface area contributed by atoms with Crippen LogP contribution < -0.4 is 29.6 Å². The van der Waals surface area contributed by atoms with Gasteiger partial charge in [0.25, 0.3) is 5.91 Å². The van der Waals surface area contributed by atoms with E-state index < -0.39 is 68.7 Å². The Hall–Kier alpha value is -4.86. The number of hydrogen-bond acceptors (Lipinski definition) is 11. The second kappa shape index (κ2) is 15.7. The molecule has 55 heavy (non-hydrogen) atoms. The molecule has 3 fully saturated rings. The number of amides is 4. The quantitative estimate of drug-likeness (QED) is 0.375. The number of ether oxygens (including phenoxy) is 4.